The number of ether oxygens (including phenoxy) is 2. The first-order valence-electron chi connectivity index (χ1n) is 10.9. The second-order valence-corrected chi connectivity index (χ2v) is 8.11. The maximum absolute atomic E-state index is 6.21. The molecule has 0 aliphatic carbocycles. The Balaban J connectivity index is 0.00000320. The van der Waals surface area contributed by atoms with Crippen LogP contribution in [0.5, 0.6) is 0 Å². The van der Waals surface area contributed by atoms with Gasteiger partial charge in [-0.3, -0.25) is 4.99 Å². The lowest BCUT2D eigenvalue weighted by atomic mass is 10.1. The topological polar surface area (TPSA) is 49.3 Å². The van der Waals surface area contributed by atoms with Crippen molar-refractivity contribution in [2.45, 2.75) is 39.2 Å². The van der Waals surface area contributed by atoms with Crippen molar-refractivity contribution in [3.8, 4) is 0 Å². The van der Waals surface area contributed by atoms with E-state index in [9.17, 15) is 0 Å². The minimum absolute atomic E-state index is 0. The molecule has 2 aliphatic heterocycles. The molecule has 0 unspecified atom stereocenters. The number of anilines is 1. The van der Waals surface area contributed by atoms with Crippen molar-refractivity contribution >= 4 is 47.2 Å². The van der Waals surface area contributed by atoms with Crippen LogP contribution in [-0.2, 0) is 9.47 Å². The molecule has 0 atom stereocenters. The maximum Gasteiger partial charge on any atom is 0.194 e. The summed E-state index contributed by atoms with van der Waals surface area (Å²) in [6.07, 6.45) is 3.35. The van der Waals surface area contributed by atoms with E-state index in [1.807, 2.05) is 6.07 Å². The zero-order valence-corrected chi connectivity index (χ0v) is 21.3. The summed E-state index contributed by atoms with van der Waals surface area (Å²) in [7, 11) is 0. The molecule has 2 saturated heterocycles. The number of nitrogens with zero attached hydrogens (tertiary/aromatic N) is 3. The van der Waals surface area contributed by atoms with Crippen molar-refractivity contribution in [3.63, 3.8) is 0 Å². The molecule has 0 aromatic heterocycles. The number of rotatable bonds is 7. The summed E-state index contributed by atoms with van der Waals surface area (Å²) >= 11 is 6.21. The highest BCUT2D eigenvalue weighted by molar-refractivity contribution is 14.0. The number of hydrogen-bond donors (Lipinski definition) is 1. The molecular formula is C22H36ClIN4O2. The molecular weight excluding hydrogens is 515 g/mol. The van der Waals surface area contributed by atoms with Gasteiger partial charge in [0, 0.05) is 69.8 Å². The molecule has 1 aromatic carbocycles. The van der Waals surface area contributed by atoms with Crippen LogP contribution in [0, 0.1) is 6.92 Å². The Kier molecular flexibility index (Phi) is 11.6. The van der Waals surface area contributed by atoms with Crippen molar-refractivity contribution in [3.05, 3.63) is 28.8 Å². The van der Waals surface area contributed by atoms with E-state index in [2.05, 4.69) is 41.1 Å². The van der Waals surface area contributed by atoms with E-state index >= 15 is 0 Å². The normalized spacial score (nSPS) is 18.3. The van der Waals surface area contributed by atoms with Gasteiger partial charge in [0.05, 0.1) is 6.10 Å². The van der Waals surface area contributed by atoms with Crippen molar-refractivity contribution in [2.75, 3.05) is 64.0 Å². The lowest BCUT2D eigenvalue weighted by molar-refractivity contribution is -0.0318. The smallest absolute Gasteiger partial charge is 0.194 e. The number of hydrogen-bond acceptors (Lipinski definition) is 4. The first-order chi connectivity index (χ1) is 14.2. The molecule has 0 bridgehead atoms. The summed E-state index contributed by atoms with van der Waals surface area (Å²) in [4.78, 5) is 9.62. The van der Waals surface area contributed by atoms with Gasteiger partial charge in [-0.05, 0) is 50.8 Å². The quantitative estimate of drug-likeness (QED) is 0.241. The van der Waals surface area contributed by atoms with Crippen LogP contribution in [-0.4, -0.2) is 76.1 Å². The van der Waals surface area contributed by atoms with Crippen molar-refractivity contribution in [1.29, 1.82) is 0 Å². The zero-order valence-electron chi connectivity index (χ0n) is 18.2. The summed E-state index contributed by atoms with van der Waals surface area (Å²) in [6.45, 7) is 12.2. The van der Waals surface area contributed by atoms with Crippen LogP contribution in [0.4, 0.5) is 5.69 Å². The largest absolute Gasteiger partial charge is 0.381 e. The van der Waals surface area contributed by atoms with Gasteiger partial charge < -0.3 is 24.6 Å². The number of piperazine rings is 1. The highest BCUT2D eigenvalue weighted by atomic mass is 127. The fourth-order valence-corrected chi connectivity index (χ4v) is 4.02. The van der Waals surface area contributed by atoms with Crippen molar-refractivity contribution in [1.82, 2.24) is 10.2 Å². The van der Waals surface area contributed by atoms with E-state index in [1.165, 1.54) is 11.3 Å². The maximum atomic E-state index is 6.21. The fraction of sp³-hybridized carbons (Fsp3) is 0.682. The molecule has 6 nitrogen and oxygen atoms in total. The Hall–Kier alpha value is -0.770. The fourth-order valence-electron chi connectivity index (χ4n) is 3.85. The molecule has 2 aliphatic rings. The molecule has 2 fully saturated rings. The number of benzene rings is 1. The summed E-state index contributed by atoms with van der Waals surface area (Å²) in [6, 6.07) is 6.13. The highest BCUT2D eigenvalue weighted by Crippen LogP contribution is 2.25. The van der Waals surface area contributed by atoms with Crippen LogP contribution >= 0.6 is 35.6 Å². The van der Waals surface area contributed by atoms with Crippen molar-refractivity contribution < 1.29 is 9.47 Å². The van der Waals surface area contributed by atoms with Crippen molar-refractivity contribution in [2.24, 2.45) is 4.99 Å². The Labute approximate surface area is 203 Å². The van der Waals surface area contributed by atoms with E-state index < -0.39 is 0 Å². The van der Waals surface area contributed by atoms with E-state index in [0.29, 0.717) is 6.10 Å². The number of aryl methyl sites for hydroxylation is 1. The molecule has 0 spiro atoms. The first-order valence-corrected chi connectivity index (χ1v) is 11.3. The monoisotopic (exact) mass is 550 g/mol. The van der Waals surface area contributed by atoms with E-state index in [4.69, 9.17) is 26.1 Å². The van der Waals surface area contributed by atoms with Gasteiger partial charge in [0.15, 0.2) is 5.96 Å². The SMILES string of the molecule is CCNC(=NCCCOC1CCOCC1)N1CCN(c2cc(Cl)ccc2C)CC1.I. The minimum Gasteiger partial charge on any atom is -0.381 e. The van der Waals surface area contributed by atoms with Crippen LogP contribution in [0.25, 0.3) is 0 Å². The van der Waals surface area contributed by atoms with Crippen LogP contribution in [0.15, 0.2) is 23.2 Å². The third-order valence-electron chi connectivity index (χ3n) is 5.51. The van der Waals surface area contributed by atoms with Crippen LogP contribution < -0.4 is 10.2 Å². The first kappa shape index (κ1) is 25.5. The highest BCUT2D eigenvalue weighted by Gasteiger charge is 2.21. The number of nitrogens with one attached hydrogen (secondary N) is 1. The minimum atomic E-state index is 0. The number of guanidine groups is 1. The lowest BCUT2D eigenvalue weighted by Crippen LogP contribution is -2.52. The summed E-state index contributed by atoms with van der Waals surface area (Å²) < 4.78 is 11.3. The van der Waals surface area contributed by atoms with Gasteiger partial charge in [0.2, 0.25) is 0 Å². The van der Waals surface area contributed by atoms with E-state index in [-0.39, 0.29) is 24.0 Å². The average Bonchev–Trinajstić information content (AvgIpc) is 2.75. The van der Waals surface area contributed by atoms with Gasteiger partial charge in [-0.2, -0.15) is 0 Å². The Bertz CT molecular complexity index is 663. The third-order valence-corrected chi connectivity index (χ3v) is 5.75. The molecule has 1 aromatic rings. The molecule has 30 heavy (non-hydrogen) atoms. The second kappa shape index (κ2) is 13.6. The average molecular weight is 551 g/mol. The third kappa shape index (κ3) is 7.73. The molecule has 2 heterocycles. The summed E-state index contributed by atoms with van der Waals surface area (Å²) in [5, 5.41) is 4.24. The van der Waals surface area contributed by atoms with Gasteiger partial charge in [0.1, 0.15) is 0 Å². The van der Waals surface area contributed by atoms with Crippen LogP contribution in [0.2, 0.25) is 5.02 Å². The predicted octanol–water partition coefficient (Wildman–Crippen LogP) is 3.94. The Morgan fingerprint density at radius 2 is 1.97 bits per heavy atom. The van der Waals surface area contributed by atoms with Gasteiger partial charge in [-0.25, -0.2) is 0 Å². The molecule has 1 N–H and O–H groups in total. The summed E-state index contributed by atoms with van der Waals surface area (Å²) in [5.41, 5.74) is 2.51. The number of halogens is 2. The van der Waals surface area contributed by atoms with Gasteiger partial charge >= 0.3 is 0 Å². The summed E-state index contributed by atoms with van der Waals surface area (Å²) in [5.74, 6) is 1.01. The van der Waals surface area contributed by atoms with Gasteiger partial charge in [-0.1, -0.05) is 17.7 Å². The Morgan fingerprint density at radius 3 is 2.67 bits per heavy atom. The second-order valence-electron chi connectivity index (χ2n) is 7.68. The van der Waals surface area contributed by atoms with E-state index in [1.54, 1.807) is 0 Å². The number of aliphatic imine (C=N–C) groups is 1. The predicted molar refractivity (Wildman–Crippen MR) is 136 cm³/mol. The van der Waals surface area contributed by atoms with Crippen LogP contribution in [0.1, 0.15) is 31.7 Å². The molecule has 0 saturated carbocycles. The van der Waals surface area contributed by atoms with Crippen LogP contribution in [0.3, 0.4) is 0 Å². The molecule has 3 rings (SSSR count). The van der Waals surface area contributed by atoms with Gasteiger partial charge in [0.25, 0.3) is 0 Å². The molecule has 170 valence electrons. The Morgan fingerprint density at radius 1 is 1.23 bits per heavy atom. The standard InChI is InChI=1S/C22H35ClN4O2.HI/c1-3-24-22(25-9-4-14-29-20-7-15-28-16-8-20)27-12-10-26(11-13-27)21-17-19(23)6-5-18(21)2;/h5-6,17,20H,3-4,7-16H2,1-2H3,(H,24,25);1H. The molecule has 0 radical (unpaired) electrons. The molecule has 0 amide bonds. The van der Waals surface area contributed by atoms with Gasteiger partial charge in [-0.15, -0.1) is 24.0 Å². The lowest BCUT2D eigenvalue weighted by Gasteiger charge is -2.38. The zero-order chi connectivity index (χ0) is 20.5. The molecule has 8 heteroatoms. The van der Waals surface area contributed by atoms with E-state index in [0.717, 1.165) is 89.3 Å².